The van der Waals surface area contributed by atoms with Gasteiger partial charge in [0.05, 0.1) is 6.54 Å². The average molecular weight is 251 g/mol. The quantitative estimate of drug-likeness (QED) is 0.842. The van der Waals surface area contributed by atoms with Gasteiger partial charge in [-0.1, -0.05) is 5.10 Å². The van der Waals surface area contributed by atoms with E-state index in [1.807, 2.05) is 7.05 Å². The fraction of sp³-hybridized carbons (Fsp3) is 0.833. The predicted octanol–water partition coefficient (Wildman–Crippen LogP) is 0.462. The molecular weight excluding hydrogens is 230 g/mol. The van der Waals surface area contributed by atoms with E-state index in [2.05, 4.69) is 32.2 Å². The van der Waals surface area contributed by atoms with Crippen molar-refractivity contribution in [3.8, 4) is 0 Å². The van der Waals surface area contributed by atoms with Gasteiger partial charge >= 0.3 is 6.01 Å². The third-order valence-corrected chi connectivity index (χ3v) is 3.97. The van der Waals surface area contributed by atoms with E-state index in [1.165, 1.54) is 19.4 Å². The van der Waals surface area contributed by atoms with Crippen molar-refractivity contribution in [2.24, 2.45) is 0 Å². The number of rotatable bonds is 3. The van der Waals surface area contributed by atoms with Crippen molar-refractivity contribution in [3.63, 3.8) is 0 Å². The van der Waals surface area contributed by atoms with Crippen LogP contribution in [0.1, 0.15) is 25.7 Å². The van der Waals surface area contributed by atoms with Gasteiger partial charge in [0.2, 0.25) is 5.89 Å². The Kier molecular flexibility index (Phi) is 3.22. The summed E-state index contributed by atoms with van der Waals surface area (Å²) < 4.78 is 5.71. The topological polar surface area (TPSA) is 57.4 Å². The first-order valence-corrected chi connectivity index (χ1v) is 6.75. The standard InChI is InChI=1S/C12H21N5O/c1-9-7-16-5-3-4-10(16)8-17(9)12-15-14-11(18-12)6-13-2/h9-10,13H,3-8H2,1-2H3. The summed E-state index contributed by atoms with van der Waals surface area (Å²) in [5, 5.41) is 11.3. The lowest BCUT2D eigenvalue weighted by molar-refractivity contribution is 0.197. The SMILES string of the molecule is CNCc1nnc(N2CC3CCCN3CC2C)o1. The lowest BCUT2D eigenvalue weighted by Crippen LogP contribution is -2.55. The summed E-state index contributed by atoms with van der Waals surface area (Å²) in [6.45, 7) is 6.23. The first-order valence-electron chi connectivity index (χ1n) is 6.75. The first-order chi connectivity index (χ1) is 8.78. The largest absolute Gasteiger partial charge is 0.407 e. The van der Waals surface area contributed by atoms with Crippen LogP contribution in [0.2, 0.25) is 0 Å². The van der Waals surface area contributed by atoms with Crippen LogP contribution in [0.25, 0.3) is 0 Å². The molecule has 3 heterocycles. The van der Waals surface area contributed by atoms with Crippen LogP contribution in [-0.2, 0) is 6.54 Å². The van der Waals surface area contributed by atoms with E-state index in [0.717, 1.165) is 13.1 Å². The number of piperazine rings is 1. The number of nitrogens with one attached hydrogen (secondary N) is 1. The molecule has 0 saturated carbocycles. The molecule has 0 bridgehead atoms. The van der Waals surface area contributed by atoms with Crippen LogP contribution in [0.3, 0.4) is 0 Å². The van der Waals surface area contributed by atoms with E-state index in [0.29, 0.717) is 30.5 Å². The van der Waals surface area contributed by atoms with Gasteiger partial charge in [-0.2, -0.15) is 0 Å². The van der Waals surface area contributed by atoms with Crippen LogP contribution in [0, 0.1) is 0 Å². The number of aromatic nitrogens is 2. The Hall–Kier alpha value is -1.14. The molecule has 3 rings (SSSR count). The highest BCUT2D eigenvalue weighted by molar-refractivity contribution is 5.29. The average Bonchev–Trinajstić information content (AvgIpc) is 2.96. The van der Waals surface area contributed by atoms with Crippen LogP contribution < -0.4 is 10.2 Å². The van der Waals surface area contributed by atoms with Gasteiger partial charge in [0.25, 0.3) is 0 Å². The molecule has 2 atom stereocenters. The van der Waals surface area contributed by atoms with Crippen LogP contribution in [0.5, 0.6) is 0 Å². The Labute approximate surface area is 107 Å². The number of hydrogen-bond donors (Lipinski definition) is 1. The van der Waals surface area contributed by atoms with E-state index < -0.39 is 0 Å². The van der Waals surface area contributed by atoms with Gasteiger partial charge in [0.15, 0.2) is 0 Å². The minimum atomic E-state index is 0.447. The van der Waals surface area contributed by atoms with Gasteiger partial charge in [0, 0.05) is 25.2 Å². The van der Waals surface area contributed by atoms with Crippen molar-refractivity contribution in [3.05, 3.63) is 5.89 Å². The lowest BCUT2D eigenvalue weighted by atomic mass is 10.1. The molecule has 100 valence electrons. The molecular formula is C12H21N5O. The van der Waals surface area contributed by atoms with E-state index in [9.17, 15) is 0 Å². The van der Waals surface area contributed by atoms with Crippen molar-refractivity contribution in [1.29, 1.82) is 0 Å². The number of fused-ring (bicyclic) bond motifs is 1. The Bertz CT molecular complexity index is 407. The highest BCUT2D eigenvalue weighted by Gasteiger charge is 2.36. The predicted molar refractivity (Wildman–Crippen MR) is 68.5 cm³/mol. The molecule has 2 unspecified atom stereocenters. The van der Waals surface area contributed by atoms with Gasteiger partial charge in [-0.15, -0.1) is 5.10 Å². The van der Waals surface area contributed by atoms with Crippen molar-refractivity contribution in [1.82, 2.24) is 20.4 Å². The zero-order valence-corrected chi connectivity index (χ0v) is 11.1. The van der Waals surface area contributed by atoms with Crippen molar-refractivity contribution < 1.29 is 4.42 Å². The van der Waals surface area contributed by atoms with E-state index in [-0.39, 0.29) is 0 Å². The summed E-state index contributed by atoms with van der Waals surface area (Å²) in [4.78, 5) is 4.85. The molecule has 1 N–H and O–H groups in total. The summed E-state index contributed by atoms with van der Waals surface area (Å²) in [5.74, 6) is 0.661. The summed E-state index contributed by atoms with van der Waals surface area (Å²) in [6.07, 6.45) is 2.61. The van der Waals surface area contributed by atoms with Gasteiger partial charge in [-0.3, -0.25) is 4.90 Å². The zero-order chi connectivity index (χ0) is 12.5. The van der Waals surface area contributed by atoms with E-state index in [4.69, 9.17) is 4.42 Å². The third kappa shape index (κ3) is 2.10. The molecule has 1 aromatic rings. The third-order valence-electron chi connectivity index (χ3n) is 3.97. The molecule has 2 aliphatic heterocycles. The zero-order valence-electron chi connectivity index (χ0n) is 11.1. The Balaban J connectivity index is 1.73. The number of anilines is 1. The Morgan fingerprint density at radius 2 is 2.28 bits per heavy atom. The highest BCUT2D eigenvalue weighted by atomic mass is 16.4. The molecule has 2 fully saturated rings. The molecule has 0 aromatic carbocycles. The van der Waals surface area contributed by atoms with Gasteiger partial charge < -0.3 is 14.6 Å². The maximum atomic E-state index is 5.71. The molecule has 0 spiro atoms. The minimum Gasteiger partial charge on any atom is -0.407 e. The molecule has 0 radical (unpaired) electrons. The summed E-state index contributed by atoms with van der Waals surface area (Å²) >= 11 is 0. The summed E-state index contributed by atoms with van der Waals surface area (Å²) in [6, 6.07) is 1.79. The molecule has 6 heteroatoms. The smallest absolute Gasteiger partial charge is 0.318 e. The molecule has 18 heavy (non-hydrogen) atoms. The second-order valence-corrected chi connectivity index (χ2v) is 5.30. The van der Waals surface area contributed by atoms with Crippen LogP contribution in [-0.4, -0.2) is 53.9 Å². The van der Waals surface area contributed by atoms with Crippen LogP contribution in [0.15, 0.2) is 4.42 Å². The maximum absolute atomic E-state index is 5.71. The fourth-order valence-corrected chi connectivity index (χ4v) is 3.04. The van der Waals surface area contributed by atoms with Gasteiger partial charge in [-0.05, 0) is 33.4 Å². The van der Waals surface area contributed by atoms with Gasteiger partial charge in [0.1, 0.15) is 0 Å². The lowest BCUT2D eigenvalue weighted by Gasteiger charge is -2.41. The molecule has 0 amide bonds. The second-order valence-electron chi connectivity index (χ2n) is 5.30. The maximum Gasteiger partial charge on any atom is 0.318 e. The highest BCUT2D eigenvalue weighted by Crippen LogP contribution is 2.27. The molecule has 6 nitrogen and oxygen atoms in total. The second kappa shape index (κ2) is 4.85. The molecule has 0 aliphatic carbocycles. The number of hydrogen-bond acceptors (Lipinski definition) is 6. The number of nitrogens with zero attached hydrogens (tertiary/aromatic N) is 4. The molecule has 1 aromatic heterocycles. The van der Waals surface area contributed by atoms with E-state index in [1.54, 1.807) is 0 Å². The van der Waals surface area contributed by atoms with Gasteiger partial charge in [-0.25, -0.2) is 0 Å². The van der Waals surface area contributed by atoms with E-state index >= 15 is 0 Å². The molecule has 2 aliphatic rings. The Morgan fingerprint density at radius 1 is 1.39 bits per heavy atom. The minimum absolute atomic E-state index is 0.447. The fourth-order valence-electron chi connectivity index (χ4n) is 3.04. The van der Waals surface area contributed by atoms with Crippen LogP contribution >= 0.6 is 0 Å². The molecule has 2 saturated heterocycles. The normalized spacial score (nSPS) is 28.7. The van der Waals surface area contributed by atoms with Crippen molar-refractivity contribution in [2.45, 2.75) is 38.4 Å². The summed E-state index contributed by atoms with van der Waals surface area (Å²) in [5.41, 5.74) is 0. The summed E-state index contributed by atoms with van der Waals surface area (Å²) in [7, 11) is 1.88. The van der Waals surface area contributed by atoms with Crippen molar-refractivity contribution >= 4 is 6.01 Å². The monoisotopic (exact) mass is 251 g/mol. The Morgan fingerprint density at radius 3 is 3.11 bits per heavy atom. The van der Waals surface area contributed by atoms with Crippen molar-refractivity contribution in [2.75, 3.05) is 31.6 Å². The first kappa shape index (κ1) is 11.9. The van der Waals surface area contributed by atoms with Crippen LogP contribution in [0.4, 0.5) is 6.01 Å².